The summed E-state index contributed by atoms with van der Waals surface area (Å²) in [4.78, 5) is 0. The van der Waals surface area contributed by atoms with E-state index in [1.807, 2.05) is 0 Å². The molecule has 0 aromatic carbocycles. The first-order chi connectivity index (χ1) is 8.88. The molecule has 0 aromatic rings. The lowest BCUT2D eigenvalue weighted by Crippen LogP contribution is -2.24. The Kier molecular flexibility index (Phi) is 6.22. The van der Waals surface area contributed by atoms with Crippen LogP contribution in [0.4, 0.5) is 0 Å². The third-order valence-electron chi connectivity index (χ3n) is 4.10. The standard InChI is InChI=1S/C16H28O2/c1-2-3-4-7-14-9-10-15(12-14)13-18-16-8-5-6-11-17-16/h4,7,14-16H,2-3,5-6,8-13H2,1H3/b7-4+/t14-,15+,16?/m1/s1. The number of unbranched alkanes of at least 4 members (excludes halogenated alkanes) is 1. The van der Waals surface area contributed by atoms with Crippen LogP contribution in [0.3, 0.4) is 0 Å². The zero-order valence-corrected chi connectivity index (χ0v) is 11.8. The summed E-state index contributed by atoms with van der Waals surface area (Å²) in [7, 11) is 0. The number of allylic oxidation sites excluding steroid dienone is 2. The van der Waals surface area contributed by atoms with E-state index in [1.165, 1.54) is 44.9 Å². The van der Waals surface area contributed by atoms with Crippen molar-refractivity contribution >= 4 is 0 Å². The maximum Gasteiger partial charge on any atom is 0.157 e. The van der Waals surface area contributed by atoms with Crippen LogP contribution >= 0.6 is 0 Å². The van der Waals surface area contributed by atoms with Crippen molar-refractivity contribution in [3.8, 4) is 0 Å². The molecule has 18 heavy (non-hydrogen) atoms. The molecule has 2 heteroatoms. The number of hydrogen-bond donors (Lipinski definition) is 0. The van der Waals surface area contributed by atoms with E-state index < -0.39 is 0 Å². The number of ether oxygens (including phenoxy) is 2. The van der Waals surface area contributed by atoms with Crippen LogP contribution < -0.4 is 0 Å². The Bertz CT molecular complexity index is 243. The molecular weight excluding hydrogens is 224 g/mol. The zero-order chi connectivity index (χ0) is 12.6. The third kappa shape index (κ3) is 4.74. The topological polar surface area (TPSA) is 18.5 Å². The molecule has 0 amide bonds. The lowest BCUT2D eigenvalue weighted by atomic mass is 10.0. The quantitative estimate of drug-likeness (QED) is 0.656. The van der Waals surface area contributed by atoms with Crippen LogP contribution in [-0.2, 0) is 9.47 Å². The Morgan fingerprint density at radius 2 is 2.17 bits per heavy atom. The van der Waals surface area contributed by atoms with Crippen LogP contribution in [-0.4, -0.2) is 19.5 Å². The predicted molar refractivity (Wildman–Crippen MR) is 74.4 cm³/mol. The molecule has 2 nitrogen and oxygen atoms in total. The van der Waals surface area contributed by atoms with Crippen molar-refractivity contribution in [3.63, 3.8) is 0 Å². The summed E-state index contributed by atoms with van der Waals surface area (Å²) in [6, 6.07) is 0. The molecule has 0 spiro atoms. The fourth-order valence-corrected chi connectivity index (χ4v) is 2.98. The largest absolute Gasteiger partial charge is 0.353 e. The van der Waals surface area contributed by atoms with Crippen molar-refractivity contribution in [1.29, 1.82) is 0 Å². The second-order valence-electron chi connectivity index (χ2n) is 5.79. The minimum atomic E-state index is 0.0911. The summed E-state index contributed by atoms with van der Waals surface area (Å²) in [5.74, 6) is 1.56. The summed E-state index contributed by atoms with van der Waals surface area (Å²) >= 11 is 0. The molecule has 0 N–H and O–H groups in total. The highest BCUT2D eigenvalue weighted by atomic mass is 16.7. The average Bonchev–Trinajstić information content (AvgIpc) is 2.86. The Labute approximate surface area is 112 Å². The second kappa shape index (κ2) is 7.96. The van der Waals surface area contributed by atoms with E-state index in [-0.39, 0.29) is 6.29 Å². The van der Waals surface area contributed by atoms with Gasteiger partial charge in [0, 0.05) is 6.61 Å². The summed E-state index contributed by atoms with van der Waals surface area (Å²) in [6.07, 6.45) is 14.9. The van der Waals surface area contributed by atoms with Gasteiger partial charge in [0.1, 0.15) is 0 Å². The fraction of sp³-hybridized carbons (Fsp3) is 0.875. The molecule has 3 atom stereocenters. The first kappa shape index (κ1) is 14.1. The molecule has 0 bridgehead atoms. The predicted octanol–water partition coefficient (Wildman–Crippen LogP) is 4.30. The van der Waals surface area contributed by atoms with Crippen LogP contribution in [0.5, 0.6) is 0 Å². The molecule has 2 fully saturated rings. The van der Waals surface area contributed by atoms with Crippen molar-refractivity contribution in [2.24, 2.45) is 11.8 Å². The van der Waals surface area contributed by atoms with Gasteiger partial charge in [-0.25, -0.2) is 0 Å². The van der Waals surface area contributed by atoms with E-state index in [0.717, 1.165) is 31.5 Å². The van der Waals surface area contributed by atoms with E-state index in [1.54, 1.807) is 0 Å². The van der Waals surface area contributed by atoms with Gasteiger partial charge in [-0.1, -0.05) is 25.5 Å². The van der Waals surface area contributed by atoms with Crippen LogP contribution in [0.15, 0.2) is 12.2 Å². The van der Waals surface area contributed by atoms with E-state index in [0.29, 0.717) is 0 Å². The highest BCUT2D eigenvalue weighted by molar-refractivity contribution is 4.92. The highest BCUT2D eigenvalue weighted by Gasteiger charge is 2.24. The maximum atomic E-state index is 5.89. The van der Waals surface area contributed by atoms with Gasteiger partial charge in [0.15, 0.2) is 6.29 Å². The highest BCUT2D eigenvalue weighted by Crippen LogP contribution is 2.32. The van der Waals surface area contributed by atoms with E-state index in [9.17, 15) is 0 Å². The van der Waals surface area contributed by atoms with Crippen molar-refractivity contribution in [2.45, 2.75) is 64.6 Å². The maximum absolute atomic E-state index is 5.89. The minimum absolute atomic E-state index is 0.0911. The summed E-state index contributed by atoms with van der Waals surface area (Å²) in [5, 5.41) is 0. The van der Waals surface area contributed by atoms with Crippen LogP contribution in [0.25, 0.3) is 0 Å². The monoisotopic (exact) mass is 252 g/mol. The second-order valence-corrected chi connectivity index (χ2v) is 5.79. The first-order valence-corrected chi connectivity index (χ1v) is 7.78. The smallest absolute Gasteiger partial charge is 0.157 e. The van der Waals surface area contributed by atoms with E-state index in [4.69, 9.17) is 9.47 Å². The molecule has 0 aromatic heterocycles. The van der Waals surface area contributed by atoms with Gasteiger partial charge >= 0.3 is 0 Å². The molecule has 2 rings (SSSR count). The van der Waals surface area contributed by atoms with E-state index in [2.05, 4.69) is 19.1 Å². The van der Waals surface area contributed by atoms with Crippen molar-refractivity contribution in [1.82, 2.24) is 0 Å². The third-order valence-corrected chi connectivity index (χ3v) is 4.10. The van der Waals surface area contributed by atoms with Crippen molar-refractivity contribution < 1.29 is 9.47 Å². The number of hydrogen-bond acceptors (Lipinski definition) is 2. The number of rotatable bonds is 6. The molecule has 2 aliphatic rings. The Balaban J connectivity index is 1.60. The fourth-order valence-electron chi connectivity index (χ4n) is 2.98. The van der Waals surface area contributed by atoms with Gasteiger partial charge in [-0.2, -0.15) is 0 Å². The molecule has 1 unspecified atom stereocenters. The molecule has 1 aliphatic carbocycles. The van der Waals surface area contributed by atoms with Crippen LogP contribution in [0.2, 0.25) is 0 Å². The lowest BCUT2D eigenvalue weighted by Gasteiger charge is -2.24. The van der Waals surface area contributed by atoms with Gasteiger partial charge < -0.3 is 9.47 Å². The van der Waals surface area contributed by atoms with Crippen molar-refractivity contribution in [2.75, 3.05) is 13.2 Å². The summed E-state index contributed by atoms with van der Waals surface area (Å²) < 4.78 is 11.5. The average molecular weight is 252 g/mol. The Morgan fingerprint density at radius 3 is 2.94 bits per heavy atom. The Hall–Kier alpha value is -0.340. The van der Waals surface area contributed by atoms with Gasteiger partial charge in [0.25, 0.3) is 0 Å². The minimum Gasteiger partial charge on any atom is -0.353 e. The van der Waals surface area contributed by atoms with Gasteiger partial charge in [-0.3, -0.25) is 0 Å². The van der Waals surface area contributed by atoms with Crippen LogP contribution in [0.1, 0.15) is 58.3 Å². The van der Waals surface area contributed by atoms with Crippen molar-refractivity contribution in [3.05, 3.63) is 12.2 Å². The molecule has 104 valence electrons. The molecule has 0 radical (unpaired) electrons. The molecule has 1 heterocycles. The Morgan fingerprint density at radius 1 is 1.22 bits per heavy atom. The SMILES string of the molecule is CCC/C=C/[C@@H]1CC[C@H](COC2CCCCO2)C1. The molecule has 1 aliphatic heterocycles. The molecular formula is C16H28O2. The molecule has 1 saturated carbocycles. The van der Waals surface area contributed by atoms with Gasteiger partial charge in [0.2, 0.25) is 0 Å². The van der Waals surface area contributed by atoms with Crippen LogP contribution in [0, 0.1) is 11.8 Å². The first-order valence-electron chi connectivity index (χ1n) is 7.78. The van der Waals surface area contributed by atoms with Gasteiger partial charge in [-0.15, -0.1) is 0 Å². The zero-order valence-electron chi connectivity index (χ0n) is 11.8. The normalized spacial score (nSPS) is 33.3. The van der Waals surface area contributed by atoms with Gasteiger partial charge in [0.05, 0.1) is 6.61 Å². The van der Waals surface area contributed by atoms with E-state index >= 15 is 0 Å². The molecule has 1 saturated heterocycles. The summed E-state index contributed by atoms with van der Waals surface area (Å²) in [6.45, 7) is 4.03. The lowest BCUT2D eigenvalue weighted by molar-refractivity contribution is -0.168. The summed E-state index contributed by atoms with van der Waals surface area (Å²) in [5.41, 5.74) is 0. The van der Waals surface area contributed by atoms with Gasteiger partial charge in [-0.05, 0) is 56.8 Å².